The van der Waals surface area contributed by atoms with Gasteiger partial charge in [-0.1, -0.05) is 0 Å². The van der Waals surface area contributed by atoms with Crippen molar-refractivity contribution in [3.05, 3.63) is 16.1 Å². The lowest BCUT2D eigenvalue weighted by molar-refractivity contribution is -0.181. The lowest BCUT2D eigenvalue weighted by Gasteiger charge is -2.39. The summed E-state index contributed by atoms with van der Waals surface area (Å²) >= 11 is 0.935. The standard InChI is InChI=1S/C16H23F6N5S.HI/c1-3-23-14(24-5-4-13-25-12(10-28-13)16(20,21)22)27-8-6-26(7-9-27)11(2)15(17,18)19;/h10-11H,3-9H2,1-2H3,(H,23,24);1H. The highest BCUT2D eigenvalue weighted by atomic mass is 127. The first-order valence-corrected chi connectivity index (χ1v) is 9.76. The molecule has 0 radical (unpaired) electrons. The summed E-state index contributed by atoms with van der Waals surface area (Å²) in [5.41, 5.74) is -0.904. The Hall–Kier alpha value is -0.830. The van der Waals surface area contributed by atoms with Gasteiger partial charge in [0.25, 0.3) is 0 Å². The molecule has 1 aliphatic rings. The van der Waals surface area contributed by atoms with Crippen LogP contribution in [0.3, 0.4) is 0 Å². The number of nitrogens with one attached hydrogen (secondary N) is 1. The van der Waals surface area contributed by atoms with E-state index in [1.54, 1.807) is 0 Å². The van der Waals surface area contributed by atoms with Gasteiger partial charge in [0, 0.05) is 51.1 Å². The number of halogens is 7. The van der Waals surface area contributed by atoms with Crippen molar-refractivity contribution >= 4 is 41.3 Å². The Bertz CT molecular complexity index is 655. The van der Waals surface area contributed by atoms with Crippen LogP contribution in [0, 0.1) is 0 Å². The summed E-state index contributed by atoms with van der Waals surface area (Å²) in [4.78, 5) is 11.2. The van der Waals surface area contributed by atoms with E-state index >= 15 is 0 Å². The molecule has 168 valence electrons. The molecule has 1 aromatic heterocycles. The van der Waals surface area contributed by atoms with Gasteiger partial charge in [-0.2, -0.15) is 26.3 Å². The second kappa shape index (κ2) is 11.0. The molecule has 0 aromatic carbocycles. The second-order valence-electron chi connectivity index (χ2n) is 6.35. The van der Waals surface area contributed by atoms with Crippen molar-refractivity contribution < 1.29 is 26.3 Å². The van der Waals surface area contributed by atoms with E-state index in [0.717, 1.165) is 23.6 Å². The zero-order valence-corrected chi connectivity index (χ0v) is 19.1. The molecular weight excluding hydrogens is 535 g/mol. The molecule has 2 rings (SSSR count). The molecule has 1 saturated heterocycles. The van der Waals surface area contributed by atoms with Gasteiger partial charge in [-0.25, -0.2) is 4.98 Å². The number of rotatable bonds is 5. The van der Waals surface area contributed by atoms with Gasteiger partial charge in [0.05, 0.1) is 5.01 Å². The lowest BCUT2D eigenvalue weighted by Crippen LogP contribution is -2.56. The molecule has 0 amide bonds. The monoisotopic (exact) mass is 559 g/mol. The van der Waals surface area contributed by atoms with Crippen molar-refractivity contribution in [1.29, 1.82) is 0 Å². The summed E-state index contributed by atoms with van der Waals surface area (Å²) in [5.74, 6) is 0.550. The van der Waals surface area contributed by atoms with Crippen LogP contribution in [0.1, 0.15) is 24.5 Å². The van der Waals surface area contributed by atoms with Crippen molar-refractivity contribution in [2.45, 2.75) is 38.7 Å². The SMILES string of the molecule is CCNC(=NCCc1nc(C(F)(F)F)cs1)N1CCN(C(C)C(F)(F)F)CC1.I. The topological polar surface area (TPSA) is 43.8 Å². The third-order valence-corrected chi connectivity index (χ3v) is 5.31. The molecule has 1 atom stereocenters. The number of thiazole rings is 1. The largest absolute Gasteiger partial charge is 0.434 e. The van der Waals surface area contributed by atoms with Gasteiger partial charge in [0.1, 0.15) is 6.04 Å². The zero-order valence-electron chi connectivity index (χ0n) is 16.0. The molecule has 1 N–H and O–H groups in total. The molecular formula is C16H24F6IN5S. The van der Waals surface area contributed by atoms with Crippen LogP contribution in [0.4, 0.5) is 26.3 Å². The number of guanidine groups is 1. The number of alkyl halides is 6. The van der Waals surface area contributed by atoms with Crippen LogP contribution in [0.5, 0.6) is 0 Å². The molecule has 29 heavy (non-hydrogen) atoms. The molecule has 0 bridgehead atoms. The number of aliphatic imine (C=N–C) groups is 1. The Morgan fingerprint density at radius 1 is 1.21 bits per heavy atom. The average Bonchev–Trinajstić information content (AvgIpc) is 3.09. The van der Waals surface area contributed by atoms with E-state index in [4.69, 9.17) is 0 Å². The van der Waals surface area contributed by atoms with Crippen molar-refractivity contribution in [2.24, 2.45) is 4.99 Å². The number of hydrogen-bond donors (Lipinski definition) is 1. The Kier molecular flexibility index (Phi) is 9.92. The number of nitrogens with zero attached hydrogens (tertiary/aromatic N) is 4. The van der Waals surface area contributed by atoms with Crippen LogP contribution in [0.15, 0.2) is 10.4 Å². The maximum Gasteiger partial charge on any atom is 0.434 e. The predicted octanol–water partition coefficient (Wildman–Crippen LogP) is 3.86. The molecule has 0 aliphatic carbocycles. The Balaban J connectivity index is 0.00000420. The van der Waals surface area contributed by atoms with E-state index in [2.05, 4.69) is 15.3 Å². The smallest absolute Gasteiger partial charge is 0.357 e. The van der Waals surface area contributed by atoms with Crippen molar-refractivity contribution in [3.63, 3.8) is 0 Å². The lowest BCUT2D eigenvalue weighted by atomic mass is 10.2. The summed E-state index contributed by atoms with van der Waals surface area (Å²) in [6.07, 6.45) is -8.45. The van der Waals surface area contributed by atoms with Gasteiger partial charge in [-0.3, -0.25) is 9.89 Å². The molecule has 0 saturated carbocycles. The minimum Gasteiger partial charge on any atom is -0.357 e. The highest BCUT2D eigenvalue weighted by Gasteiger charge is 2.41. The van der Waals surface area contributed by atoms with Crippen molar-refractivity contribution in [1.82, 2.24) is 20.1 Å². The van der Waals surface area contributed by atoms with Crippen LogP contribution in [0.25, 0.3) is 0 Å². The maximum atomic E-state index is 12.8. The Morgan fingerprint density at radius 2 is 1.83 bits per heavy atom. The van der Waals surface area contributed by atoms with Crippen LogP contribution in [-0.2, 0) is 12.6 Å². The van der Waals surface area contributed by atoms with E-state index in [1.165, 1.54) is 4.90 Å². The molecule has 1 aliphatic heterocycles. The fourth-order valence-corrected chi connectivity index (χ4v) is 3.56. The van der Waals surface area contributed by atoms with E-state index < -0.39 is 24.1 Å². The third-order valence-electron chi connectivity index (χ3n) is 4.40. The van der Waals surface area contributed by atoms with Crippen molar-refractivity contribution in [2.75, 3.05) is 39.3 Å². The number of hydrogen-bond acceptors (Lipinski definition) is 4. The van der Waals surface area contributed by atoms with Crippen LogP contribution >= 0.6 is 35.3 Å². The molecule has 5 nitrogen and oxygen atoms in total. The van der Waals surface area contributed by atoms with Gasteiger partial charge in [-0.05, 0) is 13.8 Å². The maximum absolute atomic E-state index is 12.8. The van der Waals surface area contributed by atoms with Gasteiger partial charge < -0.3 is 10.2 Å². The quantitative estimate of drug-likeness (QED) is 0.258. The average molecular weight is 559 g/mol. The van der Waals surface area contributed by atoms with Gasteiger partial charge >= 0.3 is 12.4 Å². The van der Waals surface area contributed by atoms with E-state index in [-0.39, 0.29) is 50.0 Å². The molecule has 13 heteroatoms. The summed E-state index contributed by atoms with van der Waals surface area (Å²) in [6, 6.07) is -1.50. The Labute approximate surface area is 186 Å². The van der Waals surface area contributed by atoms with Gasteiger partial charge in [-0.15, -0.1) is 35.3 Å². The first kappa shape index (κ1) is 26.2. The van der Waals surface area contributed by atoms with E-state index in [9.17, 15) is 26.3 Å². The van der Waals surface area contributed by atoms with Crippen molar-refractivity contribution in [3.8, 4) is 0 Å². The zero-order chi connectivity index (χ0) is 20.9. The highest BCUT2D eigenvalue weighted by Crippen LogP contribution is 2.30. The molecule has 1 fully saturated rings. The summed E-state index contributed by atoms with van der Waals surface area (Å²) in [5, 5.41) is 4.40. The van der Waals surface area contributed by atoms with E-state index in [0.29, 0.717) is 30.6 Å². The first-order valence-electron chi connectivity index (χ1n) is 8.88. The van der Waals surface area contributed by atoms with Gasteiger partial charge in [0.15, 0.2) is 11.7 Å². The number of piperazine rings is 1. The van der Waals surface area contributed by atoms with Crippen LogP contribution in [0.2, 0.25) is 0 Å². The third kappa shape index (κ3) is 7.74. The van der Waals surface area contributed by atoms with Crippen LogP contribution < -0.4 is 5.32 Å². The van der Waals surface area contributed by atoms with Gasteiger partial charge in [0.2, 0.25) is 0 Å². The molecule has 1 aromatic rings. The minimum absolute atomic E-state index is 0. The molecule has 0 spiro atoms. The summed E-state index contributed by atoms with van der Waals surface area (Å²) < 4.78 is 76.3. The number of aromatic nitrogens is 1. The van der Waals surface area contributed by atoms with Crippen LogP contribution in [-0.4, -0.2) is 72.2 Å². The highest BCUT2D eigenvalue weighted by molar-refractivity contribution is 14.0. The summed E-state index contributed by atoms with van der Waals surface area (Å²) in [7, 11) is 0. The fourth-order valence-electron chi connectivity index (χ4n) is 2.77. The normalized spacial score (nSPS) is 17.8. The first-order chi connectivity index (χ1) is 13.0. The molecule has 1 unspecified atom stereocenters. The summed E-state index contributed by atoms with van der Waals surface area (Å²) in [6.45, 7) is 5.13. The van der Waals surface area contributed by atoms with E-state index in [1.807, 2.05) is 11.8 Å². The fraction of sp³-hybridized carbons (Fsp3) is 0.750. The second-order valence-corrected chi connectivity index (χ2v) is 7.29. The molecule has 2 heterocycles. The minimum atomic E-state index is -4.46. The predicted molar refractivity (Wildman–Crippen MR) is 111 cm³/mol. The Morgan fingerprint density at radius 3 is 2.31 bits per heavy atom.